The number of nitrogens with one attached hydrogen (secondary N) is 1. The summed E-state index contributed by atoms with van der Waals surface area (Å²) in [5, 5.41) is 13.2. The third-order valence-corrected chi connectivity index (χ3v) is 4.50. The first-order valence-electron chi connectivity index (χ1n) is 7.61. The third-order valence-electron chi connectivity index (χ3n) is 4.50. The summed E-state index contributed by atoms with van der Waals surface area (Å²) < 4.78 is 0. The second-order valence-corrected chi connectivity index (χ2v) is 6.32. The van der Waals surface area contributed by atoms with Gasteiger partial charge in [0.1, 0.15) is 0 Å². The first-order chi connectivity index (χ1) is 8.59. The van der Waals surface area contributed by atoms with E-state index in [0.29, 0.717) is 12.6 Å². The molecule has 1 fully saturated rings. The summed E-state index contributed by atoms with van der Waals surface area (Å²) in [6, 6.07) is 0.632. The van der Waals surface area contributed by atoms with Crippen LogP contribution in [0.25, 0.3) is 0 Å². The van der Waals surface area contributed by atoms with Crippen LogP contribution in [0.2, 0.25) is 0 Å². The van der Waals surface area contributed by atoms with Gasteiger partial charge in [-0.15, -0.1) is 0 Å². The van der Waals surface area contributed by atoms with E-state index in [1.165, 1.54) is 38.5 Å². The summed E-state index contributed by atoms with van der Waals surface area (Å²) in [6.07, 6.45) is 7.51. The summed E-state index contributed by atoms with van der Waals surface area (Å²) in [4.78, 5) is 2.38. The van der Waals surface area contributed by atoms with Gasteiger partial charge in [-0.25, -0.2) is 0 Å². The molecule has 0 bridgehead atoms. The number of aliphatic hydroxyl groups is 1. The number of aliphatic hydroxyl groups excluding tert-OH is 1. The molecular weight excluding hydrogens is 224 g/mol. The molecule has 0 unspecified atom stereocenters. The van der Waals surface area contributed by atoms with E-state index in [4.69, 9.17) is 0 Å². The van der Waals surface area contributed by atoms with Crippen molar-refractivity contribution in [1.82, 2.24) is 10.2 Å². The molecule has 0 aromatic rings. The van der Waals surface area contributed by atoms with Crippen LogP contribution < -0.4 is 5.32 Å². The molecule has 0 radical (unpaired) electrons. The topological polar surface area (TPSA) is 35.5 Å². The summed E-state index contributed by atoms with van der Waals surface area (Å²) in [7, 11) is 2.18. The highest BCUT2D eigenvalue weighted by molar-refractivity contribution is 4.84. The summed E-state index contributed by atoms with van der Waals surface area (Å²) in [6.45, 7) is 8.03. The minimum atomic E-state index is 0.183. The molecule has 108 valence electrons. The fourth-order valence-corrected chi connectivity index (χ4v) is 2.76. The lowest BCUT2D eigenvalue weighted by atomic mass is 9.74. The van der Waals surface area contributed by atoms with Crippen molar-refractivity contribution in [3.05, 3.63) is 0 Å². The van der Waals surface area contributed by atoms with E-state index in [-0.39, 0.29) is 5.41 Å². The van der Waals surface area contributed by atoms with Crippen LogP contribution in [0, 0.1) is 5.41 Å². The molecule has 3 heteroatoms. The van der Waals surface area contributed by atoms with Gasteiger partial charge < -0.3 is 15.3 Å². The lowest BCUT2D eigenvalue weighted by Gasteiger charge is -2.36. The van der Waals surface area contributed by atoms with Crippen molar-refractivity contribution in [1.29, 1.82) is 0 Å². The Morgan fingerprint density at radius 2 is 1.89 bits per heavy atom. The maximum atomic E-state index is 9.61. The Morgan fingerprint density at radius 3 is 2.44 bits per heavy atom. The third kappa shape index (κ3) is 5.25. The molecule has 3 nitrogen and oxygen atoms in total. The van der Waals surface area contributed by atoms with Crippen molar-refractivity contribution in [3.8, 4) is 0 Å². The quantitative estimate of drug-likeness (QED) is 0.654. The molecule has 0 aliphatic heterocycles. The highest BCUT2D eigenvalue weighted by Gasteiger charge is 2.30. The van der Waals surface area contributed by atoms with Crippen molar-refractivity contribution in [2.45, 2.75) is 58.4 Å². The Morgan fingerprint density at radius 1 is 1.22 bits per heavy atom. The monoisotopic (exact) mass is 256 g/mol. The molecule has 0 heterocycles. The fraction of sp³-hybridized carbons (Fsp3) is 1.00. The van der Waals surface area contributed by atoms with E-state index in [9.17, 15) is 5.11 Å². The van der Waals surface area contributed by atoms with E-state index in [0.717, 1.165) is 19.6 Å². The summed E-state index contributed by atoms with van der Waals surface area (Å²) in [5.74, 6) is 0. The predicted molar refractivity (Wildman–Crippen MR) is 77.9 cm³/mol. The Bertz CT molecular complexity index is 213. The normalized spacial score (nSPS) is 19.7. The molecule has 0 aromatic heterocycles. The van der Waals surface area contributed by atoms with E-state index in [2.05, 4.69) is 31.1 Å². The van der Waals surface area contributed by atoms with Crippen molar-refractivity contribution in [3.63, 3.8) is 0 Å². The van der Waals surface area contributed by atoms with Crippen molar-refractivity contribution in [2.75, 3.05) is 33.3 Å². The molecule has 1 saturated carbocycles. The van der Waals surface area contributed by atoms with Gasteiger partial charge in [-0.2, -0.15) is 0 Å². The molecule has 0 aromatic carbocycles. The minimum Gasteiger partial charge on any atom is -0.396 e. The second kappa shape index (κ2) is 8.13. The van der Waals surface area contributed by atoms with Gasteiger partial charge >= 0.3 is 0 Å². The number of nitrogens with zero attached hydrogens (tertiary/aromatic N) is 1. The zero-order valence-electron chi connectivity index (χ0n) is 12.5. The average Bonchev–Trinajstić information content (AvgIpc) is 2.39. The predicted octanol–water partition coefficient (Wildman–Crippen LogP) is 2.25. The summed E-state index contributed by atoms with van der Waals surface area (Å²) >= 11 is 0. The summed E-state index contributed by atoms with van der Waals surface area (Å²) in [5.41, 5.74) is 0.183. The molecule has 0 amide bonds. The number of hydrogen-bond acceptors (Lipinski definition) is 3. The van der Waals surface area contributed by atoms with Crippen molar-refractivity contribution in [2.24, 2.45) is 5.41 Å². The van der Waals surface area contributed by atoms with Crippen LogP contribution in [0.4, 0.5) is 0 Å². The van der Waals surface area contributed by atoms with Gasteiger partial charge in [0.25, 0.3) is 0 Å². The Kier molecular flexibility index (Phi) is 7.20. The van der Waals surface area contributed by atoms with E-state index in [1.54, 1.807) is 0 Å². The van der Waals surface area contributed by atoms with Gasteiger partial charge in [-0.3, -0.25) is 0 Å². The molecule has 1 aliphatic rings. The van der Waals surface area contributed by atoms with Crippen LogP contribution in [0.15, 0.2) is 0 Å². The van der Waals surface area contributed by atoms with Crippen LogP contribution in [0.3, 0.4) is 0 Å². The maximum absolute atomic E-state index is 9.61. The minimum absolute atomic E-state index is 0.183. The van der Waals surface area contributed by atoms with E-state index < -0.39 is 0 Å². The first kappa shape index (κ1) is 15.9. The van der Waals surface area contributed by atoms with Gasteiger partial charge in [0, 0.05) is 24.6 Å². The van der Waals surface area contributed by atoms with Crippen LogP contribution in [0.5, 0.6) is 0 Å². The molecule has 18 heavy (non-hydrogen) atoms. The zero-order valence-corrected chi connectivity index (χ0v) is 12.5. The standard InChI is InChI=1S/C15H32N2O/c1-14(2)17(3)11-7-10-16-12-15(13-18)8-5-4-6-9-15/h14,16,18H,4-13H2,1-3H3. The van der Waals surface area contributed by atoms with E-state index in [1.807, 2.05) is 0 Å². The number of hydrogen-bond donors (Lipinski definition) is 2. The highest BCUT2D eigenvalue weighted by Crippen LogP contribution is 2.35. The molecule has 2 N–H and O–H groups in total. The lowest BCUT2D eigenvalue weighted by molar-refractivity contribution is 0.0812. The van der Waals surface area contributed by atoms with Crippen LogP contribution in [-0.4, -0.2) is 49.3 Å². The van der Waals surface area contributed by atoms with Gasteiger partial charge in [-0.1, -0.05) is 19.3 Å². The first-order valence-corrected chi connectivity index (χ1v) is 7.61. The highest BCUT2D eigenvalue weighted by atomic mass is 16.3. The maximum Gasteiger partial charge on any atom is 0.0499 e. The Hall–Kier alpha value is -0.120. The van der Waals surface area contributed by atoms with Crippen molar-refractivity contribution >= 4 is 0 Å². The van der Waals surface area contributed by atoms with Gasteiger partial charge in [-0.05, 0) is 53.2 Å². The second-order valence-electron chi connectivity index (χ2n) is 6.32. The van der Waals surface area contributed by atoms with Crippen molar-refractivity contribution < 1.29 is 5.11 Å². The molecule has 0 spiro atoms. The van der Waals surface area contributed by atoms with E-state index >= 15 is 0 Å². The Labute approximate surface area is 113 Å². The largest absolute Gasteiger partial charge is 0.396 e. The van der Waals surface area contributed by atoms with Crippen LogP contribution >= 0.6 is 0 Å². The molecule has 0 saturated heterocycles. The van der Waals surface area contributed by atoms with Gasteiger partial charge in [0.05, 0.1) is 0 Å². The number of rotatable bonds is 8. The molecular formula is C15H32N2O. The van der Waals surface area contributed by atoms with Gasteiger partial charge in [0.15, 0.2) is 0 Å². The van der Waals surface area contributed by atoms with Crippen LogP contribution in [0.1, 0.15) is 52.4 Å². The SMILES string of the molecule is CC(C)N(C)CCCNCC1(CO)CCCCC1. The van der Waals surface area contributed by atoms with Gasteiger partial charge in [0.2, 0.25) is 0 Å². The lowest BCUT2D eigenvalue weighted by Crippen LogP contribution is -2.40. The molecule has 1 aliphatic carbocycles. The zero-order chi connectivity index (χ0) is 13.4. The smallest absolute Gasteiger partial charge is 0.0499 e. The van der Waals surface area contributed by atoms with Crippen LogP contribution in [-0.2, 0) is 0 Å². The molecule has 0 atom stereocenters. The molecule has 1 rings (SSSR count). The Balaban J connectivity index is 2.12. The average molecular weight is 256 g/mol. The fourth-order valence-electron chi connectivity index (χ4n) is 2.76.